The van der Waals surface area contributed by atoms with E-state index in [1.54, 1.807) is 0 Å². The van der Waals surface area contributed by atoms with E-state index in [1.807, 2.05) is 66.7 Å². The molecule has 0 amide bonds. The molecule has 254 valence electrons. The maximum atomic E-state index is 5.99. The summed E-state index contributed by atoms with van der Waals surface area (Å²) >= 11 is 0. The second-order valence-corrected chi connectivity index (χ2v) is 11.8. The average Bonchev–Trinajstić information content (AvgIpc) is 3.17. The van der Waals surface area contributed by atoms with Gasteiger partial charge >= 0.3 is 0 Å². The Kier molecular flexibility index (Phi) is 11.1. The van der Waals surface area contributed by atoms with Crippen molar-refractivity contribution in [2.75, 3.05) is 52.9 Å². The van der Waals surface area contributed by atoms with E-state index < -0.39 is 0 Å². The molecule has 0 aliphatic carbocycles. The Morgan fingerprint density at radius 2 is 0.680 bits per heavy atom. The van der Waals surface area contributed by atoms with Crippen molar-refractivity contribution < 1.29 is 28.4 Å². The van der Waals surface area contributed by atoms with Crippen LogP contribution in [0, 0.1) is 0 Å². The van der Waals surface area contributed by atoms with Gasteiger partial charge in [-0.15, -0.1) is 0 Å². The zero-order valence-electron chi connectivity index (χ0n) is 28.0. The smallest absolute Gasteiger partial charge is 0.119 e. The zero-order chi connectivity index (χ0) is 33.8. The second-order valence-electron chi connectivity index (χ2n) is 11.8. The number of pyridine rings is 2. The van der Waals surface area contributed by atoms with Crippen LogP contribution in [-0.2, 0) is 9.47 Å². The van der Waals surface area contributed by atoms with Crippen molar-refractivity contribution in [3.05, 3.63) is 121 Å². The second kappa shape index (κ2) is 16.8. The van der Waals surface area contributed by atoms with Gasteiger partial charge in [0.25, 0.3) is 0 Å². The zero-order valence-corrected chi connectivity index (χ0v) is 28.0. The van der Waals surface area contributed by atoms with Gasteiger partial charge in [0.2, 0.25) is 0 Å². The van der Waals surface area contributed by atoms with Crippen molar-refractivity contribution in [2.24, 2.45) is 0 Å². The molecule has 0 atom stereocenters. The number of nitrogens with zero attached hydrogens (tertiary/aromatic N) is 2. The fourth-order valence-corrected chi connectivity index (χ4v) is 5.65. The highest BCUT2D eigenvalue weighted by Crippen LogP contribution is 2.30. The third-order valence-corrected chi connectivity index (χ3v) is 8.28. The van der Waals surface area contributed by atoms with E-state index in [4.69, 9.17) is 38.4 Å². The van der Waals surface area contributed by atoms with Crippen molar-refractivity contribution in [2.45, 2.75) is 12.8 Å². The van der Waals surface area contributed by atoms with E-state index in [0.29, 0.717) is 52.9 Å². The van der Waals surface area contributed by atoms with Crippen LogP contribution in [0.3, 0.4) is 0 Å². The van der Waals surface area contributed by atoms with Crippen LogP contribution in [0.25, 0.3) is 44.3 Å². The lowest BCUT2D eigenvalue weighted by Gasteiger charge is -2.10. The van der Waals surface area contributed by atoms with E-state index >= 15 is 0 Å². The van der Waals surface area contributed by atoms with Gasteiger partial charge in [0.15, 0.2) is 0 Å². The summed E-state index contributed by atoms with van der Waals surface area (Å²) in [4.78, 5) is 10.2. The van der Waals surface area contributed by atoms with Crippen LogP contribution in [0.5, 0.6) is 23.0 Å². The highest BCUT2D eigenvalue weighted by atomic mass is 16.6. The number of hydrogen-bond donors (Lipinski definition) is 0. The SMILES string of the molecule is C1=CCCOc2ccc(cc2)-c2ccc3ccc4ccc(nc4c3n2)-c2ccc(cc2)OCCOCCOCCOc2ccc(cc2)OCC1. The first-order valence-electron chi connectivity index (χ1n) is 17.1. The molecule has 10 bridgehead atoms. The first-order valence-corrected chi connectivity index (χ1v) is 17.1. The summed E-state index contributed by atoms with van der Waals surface area (Å²) in [6, 6.07) is 36.3. The minimum absolute atomic E-state index is 0.447. The molecule has 4 aromatic carbocycles. The minimum Gasteiger partial charge on any atom is -0.493 e. The Labute approximate surface area is 292 Å². The predicted octanol–water partition coefficient (Wildman–Crippen LogP) is 8.72. The largest absolute Gasteiger partial charge is 0.493 e. The van der Waals surface area contributed by atoms with Crippen LogP contribution >= 0.6 is 0 Å². The molecule has 6 heterocycles. The molecule has 4 aliphatic heterocycles. The summed E-state index contributed by atoms with van der Waals surface area (Å²) in [5.41, 5.74) is 5.54. The molecule has 4 aliphatic rings. The molecule has 0 saturated heterocycles. The van der Waals surface area contributed by atoms with Gasteiger partial charge in [-0.2, -0.15) is 0 Å². The molecule has 10 rings (SSSR count). The average molecular weight is 669 g/mol. The third-order valence-electron chi connectivity index (χ3n) is 8.28. The van der Waals surface area contributed by atoms with Gasteiger partial charge < -0.3 is 28.4 Å². The Morgan fingerprint density at radius 1 is 0.340 bits per heavy atom. The van der Waals surface area contributed by atoms with E-state index in [1.165, 1.54) is 0 Å². The summed E-state index contributed by atoms with van der Waals surface area (Å²) in [7, 11) is 0. The minimum atomic E-state index is 0.447. The van der Waals surface area contributed by atoms with Gasteiger partial charge in [-0.25, -0.2) is 9.97 Å². The molecule has 0 fully saturated rings. The molecule has 0 saturated carbocycles. The topological polar surface area (TPSA) is 81.2 Å². The van der Waals surface area contributed by atoms with Gasteiger partial charge in [-0.05, 0) is 97.8 Å². The Bertz CT molecular complexity index is 2010. The number of ether oxygens (including phenoxy) is 6. The van der Waals surface area contributed by atoms with Gasteiger partial charge in [-0.1, -0.05) is 36.4 Å². The summed E-state index contributed by atoms with van der Waals surface area (Å²) < 4.78 is 34.8. The Morgan fingerprint density at radius 3 is 1.10 bits per heavy atom. The molecule has 0 spiro atoms. The quantitative estimate of drug-likeness (QED) is 0.117. The van der Waals surface area contributed by atoms with E-state index in [2.05, 4.69) is 54.6 Å². The summed E-state index contributed by atoms with van der Waals surface area (Å²) in [6.07, 6.45) is 5.89. The fraction of sp³-hybridized carbons (Fsp3) is 0.238. The highest BCUT2D eigenvalue weighted by molar-refractivity contribution is 6.04. The van der Waals surface area contributed by atoms with Crippen molar-refractivity contribution in [1.29, 1.82) is 0 Å². The lowest BCUT2D eigenvalue weighted by atomic mass is 10.1. The van der Waals surface area contributed by atoms with Crippen LogP contribution in [0.4, 0.5) is 0 Å². The maximum absolute atomic E-state index is 5.99. The van der Waals surface area contributed by atoms with E-state index in [9.17, 15) is 0 Å². The maximum Gasteiger partial charge on any atom is 0.119 e. The monoisotopic (exact) mass is 668 g/mol. The lowest BCUT2D eigenvalue weighted by Crippen LogP contribution is -2.13. The lowest BCUT2D eigenvalue weighted by molar-refractivity contribution is 0.0273. The van der Waals surface area contributed by atoms with Crippen molar-refractivity contribution in [1.82, 2.24) is 9.97 Å². The summed E-state index contributed by atoms with van der Waals surface area (Å²) in [5.74, 6) is 3.20. The Balaban J connectivity index is 1.05. The normalized spacial score (nSPS) is 15.2. The van der Waals surface area contributed by atoms with Crippen molar-refractivity contribution in [3.63, 3.8) is 0 Å². The number of benzene rings is 4. The van der Waals surface area contributed by atoms with Crippen LogP contribution in [0.15, 0.2) is 121 Å². The third kappa shape index (κ3) is 8.77. The number of aromatic nitrogens is 2. The summed E-state index contributed by atoms with van der Waals surface area (Å²) in [6.45, 7) is 4.04. The standard InChI is InChI=1S/C42H40N2O6/c1-2-4-24-48-37-17-19-38(20-18-37)50-30-28-46-26-25-45-27-29-49-36-15-9-32(10-16-36)40-22-12-34-6-5-33-11-21-39(43-41(33)42(34)44-40)31-7-13-35(14-8-31)47-23-3-1/h1-2,5-22H,3-4,23-30H2. The van der Waals surface area contributed by atoms with Crippen molar-refractivity contribution >= 4 is 21.8 Å². The molecule has 6 aromatic rings. The molecule has 2 aromatic heterocycles. The van der Waals surface area contributed by atoms with Crippen molar-refractivity contribution in [3.8, 4) is 45.5 Å². The fourth-order valence-electron chi connectivity index (χ4n) is 5.65. The summed E-state index contributed by atoms with van der Waals surface area (Å²) in [5, 5.41) is 2.09. The van der Waals surface area contributed by atoms with Gasteiger partial charge in [-0.3, -0.25) is 0 Å². The van der Waals surface area contributed by atoms with Gasteiger partial charge in [0.05, 0.1) is 62.1 Å². The molecule has 8 heteroatoms. The number of hydrogen-bond acceptors (Lipinski definition) is 8. The van der Waals surface area contributed by atoms with Crippen LogP contribution in [0.1, 0.15) is 12.8 Å². The molecule has 0 radical (unpaired) electrons. The van der Waals surface area contributed by atoms with E-state index in [-0.39, 0.29) is 0 Å². The highest BCUT2D eigenvalue weighted by Gasteiger charge is 2.10. The molecule has 0 unspecified atom stereocenters. The molecular formula is C42H40N2O6. The van der Waals surface area contributed by atoms with Gasteiger partial charge in [0, 0.05) is 21.9 Å². The van der Waals surface area contributed by atoms with Crippen LogP contribution in [-0.4, -0.2) is 62.8 Å². The van der Waals surface area contributed by atoms with E-state index in [0.717, 1.165) is 80.2 Å². The molecular weight excluding hydrogens is 628 g/mol. The van der Waals surface area contributed by atoms with Crippen LogP contribution in [0.2, 0.25) is 0 Å². The Hall–Kier alpha value is -5.44. The number of fused-ring (bicyclic) bond motifs is 3. The van der Waals surface area contributed by atoms with Gasteiger partial charge in [0.1, 0.15) is 36.2 Å². The van der Waals surface area contributed by atoms with Crippen LogP contribution < -0.4 is 18.9 Å². The number of rotatable bonds is 0. The first-order chi connectivity index (χ1) is 24.8. The molecule has 8 nitrogen and oxygen atoms in total. The molecule has 0 N–H and O–H groups in total. The molecule has 50 heavy (non-hydrogen) atoms. The first kappa shape index (κ1) is 33.1. The predicted molar refractivity (Wildman–Crippen MR) is 196 cm³/mol.